The van der Waals surface area contributed by atoms with Crippen molar-refractivity contribution in [1.29, 1.82) is 0 Å². The largest absolute Gasteiger partial charge is 0.496 e. The summed E-state index contributed by atoms with van der Waals surface area (Å²) in [6, 6.07) is 10.2. The Morgan fingerprint density at radius 3 is 2.26 bits per heavy atom. The molecule has 2 N–H and O–H groups in total. The van der Waals surface area contributed by atoms with Gasteiger partial charge in [0.05, 0.1) is 32.5 Å². The number of rotatable bonds is 6. The molecule has 0 radical (unpaired) electrons. The third-order valence-electron chi connectivity index (χ3n) is 3.32. The van der Waals surface area contributed by atoms with Crippen molar-refractivity contribution in [2.45, 2.75) is 6.54 Å². The first kappa shape index (κ1) is 16.6. The maximum atomic E-state index is 11.7. The van der Waals surface area contributed by atoms with Gasteiger partial charge in [-0.3, -0.25) is 0 Å². The summed E-state index contributed by atoms with van der Waals surface area (Å²) < 4.78 is 21.2. The van der Waals surface area contributed by atoms with Crippen LogP contribution in [0.1, 0.15) is 15.9 Å². The maximum Gasteiger partial charge on any atom is 0.337 e. The Balaban J connectivity index is 2.45. The molecule has 0 atom stereocenters. The molecule has 0 aliphatic heterocycles. The molecular formula is C17H19NO5. The van der Waals surface area contributed by atoms with Crippen molar-refractivity contribution in [1.82, 2.24) is 0 Å². The first-order valence-electron chi connectivity index (χ1n) is 6.94. The summed E-state index contributed by atoms with van der Waals surface area (Å²) in [5.74, 6) is 1.59. The average molecular weight is 317 g/mol. The van der Waals surface area contributed by atoms with E-state index in [1.807, 2.05) is 0 Å². The zero-order valence-corrected chi connectivity index (χ0v) is 13.3. The lowest BCUT2D eigenvalue weighted by Gasteiger charge is -2.15. The van der Waals surface area contributed by atoms with Crippen LogP contribution in [-0.2, 0) is 11.3 Å². The molecule has 2 rings (SSSR count). The fraction of sp³-hybridized carbons (Fsp3) is 0.235. The quantitative estimate of drug-likeness (QED) is 0.825. The van der Waals surface area contributed by atoms with Crippen LogP contribution in [-0.4, -0.2) is 27.3 Å². The van der Waals surface area contributed by atoms with Gasteiger partial charge in [0.2, 0.25) is 0 Å². The Labute approximate surface area is 134 Å². The van der Waals surface area contributed by atoms with Crippen molar-refractivity contribution in [3.63, 3.8) is 0 Å². The minimum absolute atomic E-state index is 0.248. The minimum Gasteiger partial charge on any atom is -0.496 e. The molecule has 0 aliphatic carbocycles. The summed E-state index contributed by atoms with van der Waals surface area (Å²) in [7, 11) is 4.41. The smallest absolute Gasteiger partial charge is 0.337 e. The second-order valence-corrected chi connectivity index (χ2v) is 4.60. The number of nitrogens with two attached hydrogens (primary N) is 1. The fourth-order valence-corrected chi connectivity index (χ4v) is 2.15. The Morgan fingerprint density at radius 2 is 1.65 bits per heavy atom. The van der Waals surface area contributed by atoms with Gasteiger partial charge in [0.15, 0.2) is 11.5 Å². The molecule has 0 aromatic heterocycles. The van der Waals surface area contributed by atoms with Gasteiger partial charge < -0.3 is 24.7 Å². The molecule has 6 nitrogen and oxygen atoms in total. The Morgan fingerprint density at radius 1 is 0.957 bits per heavy atom. The molecule has 0 spiro atoms. The summed E-state index contributed by atoms with van der Waals surface area (Å²) >= 11 is 0. The van der Waals surface area contributed by atoms with Gasteiger partial charge in [-0.2, -0.15) is 0 Å². The topological polar surface area (TPSA) is 80.0 Å². The van der Waals surface area contributed by atoms with Crippen LogP contribution in [0.4, 0.5) is 0 Å². The van der Waals surface area contributed by atoms with E-state index in [-0.39, 0.29) is 6.54 Å². The molecule has 2 aromatic carbocycles. The van der Waals surface area contributed by atoms with Gasteiger partial charge in [0.1, 0.15) is 11.5 Å². The van der Waals surface area contributed by atoms with E-state index in [2.05, 4.69) is 0 Å². The lowest BCUT2D eigenvalue weighted by molar-refractivity contribution is 0.0600. The molecule has 23 heavy (non-hydrogen) atoms. The van der Waals surface area contributed by atoms with Crippen LogP contribution in [0, 0.1) is 0 Å². The van der Waals surface area contributed by atoms with Crippen molar-refractivity contribution in [3.05, 3.63) is 47.5 Å². The Kier molecular flexibility index (Phi) is 5.43. The molecule has 0 saturated heterocycles. The second-order valence-electron chi connectivity index (χ2n) is 4.60. The normalized spacial score (nSPS) is 10.1. The molecule has 0 bridgehead atoms. The molecule has 0 saturated carbocycles. The highest BCUT2D eigenvalue weighted by Gasteiger charge is 2.15. The number of carbonyl (C=O) groups excluding carboxylic acids is 1. The van der Waals surface area contributed by atoms with Crippen LogP contribution in [0.25, 0.3) is 0 Å². The molecule has 2 aromatic rings. The Bertz CT molecular complexity index is 699. The number of methoxy groups -OCH3 is 3. The molecule has 122 valence electrons. The van der Waals surface area contributed by atoms with Gasteiger partial charge in [0.25, 0.3) is 0 Å². The molecule has 0 unspecified atom stereocenters. The van der Waals surface area contributed by atoms with E-state index in [4.69, 9.17) is 24.7 Å². The molecule has 0 heterocycles. The maximum absolute atomic E-state index is 11.7. The average Bonchev–Trinajstić information content (AvgIpc) is 2.60. The van der Waals surface area contributed by atoms with Crippen LogP contribution in [0.2, 0.25) is 0 Å². The van der Waals surface area contributed by atoms with Crippen LogP contribution in [0.15, 0.2) is 36.4 Å². The summed E-state index contributed by atoms with van der Waals surface area (Å²) in [6.07, 6.45) is 0. The van der Waals surface area contributed by atoms with E-state index in [0.29, 0.717) is 28.6 Å². The van der Waals surface area contributed by atoms with E-state index in [1.165, 1.54) is 14.2 Å². The standard InChI is InChI=1S/C17H19NO5/c1-20-13-5-4-6-14(12(13)10-18)23-16-9-11(17(19)22-3)7-8-15(16)21-2/h4-9H,10,18H2,1-3H3. The van der Waals surface area contributed by atoms with Gasteiger partial charge in [-0.15, -0.1) is 0 Å². The van der Waals surface area contributed by atoms with E-state index in [9.17, 15) is 4.79 Å². The third-order valence-corrected chi connectivity index (χ3v) is 3.32. The number of ether oxygens (including phenoxy) is 4. The molecule has 0 fully saturated rings. The van der Waals surface area contributed by atoms with Gasteiger partial charge in [-0.05, 0) is 30.3 Å². The Hall–Kier alpha value is -2.73. The van der Waals surface area contributed by atoms with Gasteiger partial charge >= 0.3 is 5.97 Å². The van der Waals surface area contributed by atoms with Gasteiger partial charge in [-0.1, -0.05) is 6.07 Å². The predicted octanol–water partition coefficient (Wildman–Crippen LogP) is 2.74. The highest BCUT2D eigenvalue weighted by molar-refractivity contribution is 5.90. The summed E-state index contributed by atoms with van der Waals surface area (Å²) in [4.78, 5) is 11.7. The van der Waals surface area contributed by atoms with Gasteiger partial charge in [0, 0.05) is 6.54 Å². The second kappa shape index (κ2) is 7.51. The molecule has 6 heteroatoms. The fourth-order valence-electron chi connectivity index (χ4n) is 2.15. The van der Waals surface area contributed by atoms with E-state index >= 15 is 0 Å². The highest BCUT2D eigenvalue weighted by atomic mass is 16.5. The van der Waals surface area contributed by atoms with Crippen LogP contribution < -0.4 is 19.9 Å². The monoisotopic (exact) mass is 317 g/mol. The number of hydrogen-bond acceptors (Lipinski definition) is 6. The highest BCUT2D eigenvalue weighted by Crippen LogP contribution is 2.36. The van der Waals surface area contributed by atoms with Crippen molar-refractivity contribution in [3.8, 4) is 23.0 Å². The van der Waals surface area contributed by atoms with Crippen molar-refractivity contribution in [2.75, 3.05) is 21.3 Å². The molecule has 0 amide bonds. The molecular weight excluding hydrogens is 298 g/mol. The van der Waals surface area contributed by atoms with Crippen LogP contribution in [0.3, 0.4) is 0 Å². The lowest BCUT2D eigenvalue weighted by atomic mass is 10.1. The predicted molar refractivity (Wildman–Crippen MR) is 85.3 cm³/mol. The summed E-state index contributed by atoms with van der Waals surface area (Å²) in [5.41, 5.74) is 6.87. The van der Waals surface area contributed by atoms with Crippen molar-refractivity contribution in [2.24, 2.45) is 5.73 Å². The zero-order chi connectivity index (χ0) is 16.8. The number of carbonyl (C=O) groups is 1. The third kappa shape index (κ3) is 3.54. The first-order chi connectivity index (χ1) is 11.1. The van der Waals surface area contributed by atoms with E-state index < -0.39 is 5.97 Å². The minimum atomic E-state index is -0.456. The zero-order valence-electron chi connectivity index (χ0n) is 13.3. The number of benzene rings is 2. The number of esters is 1. The van der Waals surface area contributed by atoms with Crippen molar-refractivity contribution < 1.29 is 23.7 Å². The lowest BCUT2D eigenvalue weighted by Crippen LogP contribution is -2.04. The summed E-state index contributed by atoms with van der Waals surface area (Å²) in [5, 5.41) is 0. The van der Waals surface area contributed by atoms with Crippen LogP contribution >= 0.6 is 0 Å². The van der Waals surface area contributed by atoms with Gasteiger partial charge in [-0.25, -0.2) is 4.79 Å². The van der Waals surface area contributed by atoms with Crippen LogP contribution in [0.5, 0.6) is 23.0 Å². The first-order valence-corrected chi connectivity index (χ1v) is 6.94. The SMILES string of the molecule is COC(=O)c1ccc(OC)c(Oc2cccc(OC)c2CN)c1. The van der Waals surface area contributed by atoms with E-state index in [1.54, 1.807) is 43.5 Å². The molecule has 0 aliphatic rings. The summed E-state index contributed by atoms with van der Waals surface area (Å²) in [6.45, 7) is 0.248. The van der Waals surface area contributed by atoms with E-state index in [0.717, 1.165) is 5.56 Å². The number of hydrogen-bond donors (Lipinski definition) is 1. The van der Waals surface area contributed by atoms with Crippen molar-refractivity contribution >= 4 is 5.97 Å².